The normalized spacial score (nSPS) is 19.0. The van der Waals surface area contributed by atoms with E-state index in [1.54, 1.807) is 78.9 Å². The summed E-state index contributed by atoms with van der Waals surface area (Å²) < 4.78 is 13.3. The fourth-order valence-electron chi connectivity index (χ4n) is 7.29. The molecule has 6 aromatic carbocycles. The second kappa shape index (κ2) is 12.3. The number of ether oxygens (including phenoxy) is 2. The van der Waals surface area contributed by atoms with Gasteiger partial charge in [0, 0.05) is 29.3 Å². The predicted octanol–water partition coefficient (Wildman–Crippen LogP) is 8.33. The second-order valence-electron chi connectivity index (χ2n) is 12.9. The highest BCUT2D eigenvalue weighted by atomic mass is 16.5. The van der Waals surface area contributed by atoms with E-state index in [1.807, 2.05) is 24.3 Å². The molecule has 9 nitrogen and oxygen atoms in total. The summed E-state index contributed by atoms with van der Waals surface area (Å²) in [5, 5.41) is 72.5. The van der Waals surface area contributed by atoms with Crippen molar-refractivity contribution in [3.05, 3.63) is 160 Å². The maximum Gasteiger partial charge on any atom is 0.135 e. The number of benzene rings is 6. The molecule has 2 heterocycles. The molecular weight excluding hydrogens is 648 g/mol. The summed E-state index contributed by atoms with van der Waals surface area (Å²) in [4.78, 5) is 0. The molecule has 0 amide bonds. The van der Waals surface area contributed by atoms with Crippen LogP contribution in [-0.4, -0.2) is 35.7 Å². The summed E-state index contributed by atoms with van der Waals surface area (Å²) >= 11 is 0. The van der Waals surface area contributed by atoms with Crippen LogP contribution < -0.4 is 9.47 Å². The Morgan fingerprint density at radius 2 is 0.882 bits per heavy atom. The Hall–Kier alpha value is -6.74. The van der Waals surface area contributed by atoms with Crippen LogP contribution in [0.25, 0.3) is 12.2 Å². The minimum Gasteiger partial charge on any atom is -0.508 e. The Balaban J connectivity index is 1.32. The van der Waals surface area contributed by atoms with E-state index < -0.39 is 24.0 Å². The van der Waals surface area contributed by atoms with Gasteiger partial charge in [0.25, 0.3) is 0 Å². The molecule has 2 aliphatic heterocycles. The van der Waals surface area contributed by atoms with E-state index in [0.29, 0.717) is 28.2 Å². The molecule has 4 atom stereocenters. The number of hydrogen-bond acceptors (Lipinski definition) is 9. The molecule has 0 saturated heterocycles. The first-order chi connectivity index (χ1) is 24.6. The van der Waals surface area contributed by atoms with E-state index in [9.17, 15) is 35.7 Å². The molecular formula is C42H32O9. The van der Waals surface area contributed by atoms with E-state index in [0.717, 1.165) is 27.8 Å². The van der Waals surface area contributed by atoms with Gasteiger partial charge in [-0.05, 0) is 100 Å². The van der Waals surface area contributed by atoms with Crippen molar-refractivity contribution in [1.82, 2.24) is 0 Å². The van der Waals surface area contributed by atoms with Crippen LogP contribution in [0.1, 0.15) is 68.6 Å². The third kappa shape index (κ3) is 5.95. The van der Waals surface area contributed by atoms with Crippen LogP contribution >= 0.6 is 0 Å². The predicted molar refractivity (Wildman–Crippen MR) is 190 cm³/mol. The molecule has 8 rings (SSSR count). The lowest BCUT2D eigenvalue weighted by atomic mass is 9.76. The van der Waals surface area contributed by atoms with Crippen LogP contribution in [0.5, 0.6) is 51.7 Å². The molecule has 254 valence electrons. The summed E-state index contributed by atoms with van der Waals surface area (Å²) in [6, 6.07) is 31.1. The molecule has 0 saturated carbocycles. The zero-order valence-electron chi connectivity index (χ0n) is 26.9. The van der Waals surface area contributed by atoms with Gasteiger partial charge in [0.2, 0.25) is 0 Å². The van der Waals surface area contributed by atoms with Gasteiger partial charge in [-0.15, -0.1) is 0 Å². The zero-order chi connectivity index (χ0) is 35.4. The molecule has 51 heavy (non-hydrogen) atoms. The van der Waals surface area contributed by atoms with Crippen molar-refractivity contribution < 1.29 is 45.2 Å². The van der Waals surface area contributed by atoms with Crippen LogP contribution in [0.3, 0.4) is 0 Å². The van der Waals surface area contributed by atoms with Gasteiger partial charge < -0.3 is 45.2 Å². The fourth-order valence-corrected chi connectivity index (χ4v) is 7.29. The molecule has 0 spiro atoms. The maximum atomic E-state index is 11.2. The number of phenols is 7. The smallest absolute Gasteiger partial charge is 0.135 e. The van der Waals surface area contributed by atoms with Gasteiger partial charge in [0.05, 0.1) is 11.8 Å². The average Bonchev–Trinajstić information content (AvgIpc) is 3.66. The van der Waals surface area contributed by atoms with Crippen LogP contribution in [0, 0.1) is 0 Å². The topological polar surface area (TPSA) is 160 Å². The lowest BCUT2D eigenvalue weighted by Crippen LogP contribution is -2.16. The average molecular weight is 681 g/mol. The highest BCUT2D eigenvalue weighted by Gasteiger charge is 2.45. The van der Waals surface area contributed by atoms with E-state index in [-0.39, 0.29) is 40.2 Å². The summed E-state index contributed by atoms with van der Waals surface area (Å²) in [7, 11) is 0. The first-order valence-corrected chi connectivity index (χ1v) is 16.3. The summed E-state index contributed by atoms with van der Waals surface area (Å²) in [6.45, 7) is 0. The minimum atomic E-state index is -0.663. The van der Waals surface area contributed by atoms with Crippen molar-refractivity contribution in [3.8, 4) is 51.7 Å². The maximum absolute atomic E-state index is 11.2. The molecule has 7 N–H and O–H groups in total. The molecule has 0 aromatic heterocycles. The number of hydrogen-bond donors (Lipinski definition) is 7. The van der Waals surface area contributed by atoms with Crippen molar-refractivity contribution in [2.24, 2.45) is 0 Å². The third-order valence-corrected chi connectivity index (χ3v) is 9.41. The monoisotopic (exact) mass is 680 g/mol. The Labute approximate surface area is 292 Å². The van der Waals surface area contributed by atoms with Gasteiger partial charge in [-0.25, -0.2) is 0 Å². The SMILES string of the molecule is Oc1ccc(C2Oc3ccc(C=Cc4cc(O)cc(O)c4)cc3C2c2cc(O)cc3c2C(c2cc(O)cc(O)c2)C(c2ccc(O)cc2)O3)cc1. The molecule has 0 radical (unpaired) electrons. The minimum absolute atomic E-state index is 0.0368. The second-order valence-corrected chi connectivity index (χ2v) is 12.9. The molecule has 4 unspecified atom stereocenters. The van der Waals surface area contributed by atoms with Gasteiger partial charge in [0.15, 0.2) is 0 Å². The number of phenolic OH excluding ortho intramolecular Hbond substituents is 7. The first kappa shape index (κ1) is 31.5. The molecule has 2 aliphatic rings. The number of fused-ring (bicyclic) bond motifs is 2. The lowest BCUT2D eigenvalue weighted by molar-refractivity contribution is 0.220. The highest BCUT2D eigenvalue weighted by Crippen LogP contribution is 2.59. The van der Waals surface area contributed by atoms with Crippen LogP contribution in [-0.2, 0) is 0 Å². The molecule has 0 fully saturated rings. The standard InChI is InChI=1S/C42H32O9/c43-27-8-4-24(5-9-27)41-38(26-16-31(47)19-32(48)17-26)40-35(20-33(49)21-37(40)51-41)39-34-15-22(1-2-23-13-29(45)18-30(46)14-23)3-12-36(34)50-42(39)25-6-10-28(44)11-7-25/h1-21,38-39,41-49H. The van der Waals surface area contributed by atoms with E-state index >= 15 is 0 Å². The van der Waals surface area contributed by atoms with Gasteiger partial charge in [-0.1, -0.05) is 42.5 Å². The van der Waals surface area contributed by atoms with Gasteiger partial charge in [0.1, 0.15) is 64.0 Å². The number of rotatable bonds is 6. The van der Waals surface area contributed by atoms with Crippen molar-refractivity contribution in [3.63, 3.8) is 0 Å². The Bertz CT molecular complexity index is 2270. The largest absolute Gasteiger partial charge is 0.508 e. The lowest BCUT2D eigenvalue weighted by Gasteiger charge is -2.26. The summed E-state index contributed by atoms with van der Waals surface area (Å²) in [5.74, 6) is -0.301. The van der Waals surface area contributed by atoms with Crippen LogP contribution in [0.2, 0.25) is 0 Å². The summed E-state index contributed by atoms with van der Waals surface area (Å²) in [6.07, 6.45) is 2.37. The molecule has 0 aliphatic carbocycles. The quantitative estimate of drug-likeness (QED) is 0.0858. The van der Waals surface area contributed by atoms with Crippen molar-refractivity contribution >= 4 is 12.2 Å². The third-order valence-electron chi connectivity index (χ3n) is 9.41. The first-order valence-electron chi connectivity index (χ1n) is 16.3. The van der Waals surface area contributed by atoms with Crippen molar-refractivity contribution in [2.75, 3.05) is 0 Å². The van der Waals surface area contributed by atoms with Crippen LogP contribution in [0.4, 0.5) is 0 Å². The van der Waals surface area contributed by atoms with Crippen molar-refractivity contribution in [1.29, 1.82) is 0 Å². The Morgan fingerprint density at radius 1 is 0.373 bits per heavy atom. The highest BCUT2D eigenvalue weighted by molar-refractivity contribution is 5.73. The fraction of sp³-hybridized carbons (Fsp3) is 0.0952. The Kier molecular flexibility index (Phi) is 7.60. The Morgan fingerprint density at radius 3 is 1.49 bits per heavy atom. The molecule has 0 bridgehead atoms. The summed E-state index contributed by atoms with van der Waals surface area (Å²) in [5.41, 5.74) is 5.70. The molecule has 9 heteroatoms. The zero-order valence-corrected chi connectivity index (χ0v) is 26.9. The van der Waals surface area contributed by atoms with E-state index in [4.69, 9.17) is 9.47 Å². The van der Waals surface area contributed by atoms with Crippen LogP contribution in [0.15, 0.2) is 115 Å². The van der Waals surface area contributed by atoms with Crippen molar-refractivity contribution in [2.45, 2.75) is 24.0 Å². The van der Waals surface area contributed by atoms with E-state index in [2.05, 4.69) is 0 Å². The molecule has 6 aromatic rings. The van der Waals surface area contributed by atoms with Gasteiger partial charge in [-0.3, -0.25) is 0 Å². The van der Waals surface area contributed by atoms with Gasteiger partial charge >= 0.3 is 0 Å². The van der Waals surface area contributed by atoms with Gasteiger partial charge in [-0.2, -0.15) is 0 Å². The number of aromatic hydroxyl groups is 7. The van der Waals surface area contributed by atoms with E-state index in [1.165, 1.54) is 24.3 Å².